The van der Waals surface area contributed by atoms with Gasteiger partial charge < -0.3 is 9.42 Å². The minimum Gasteiger partial charge on any atom is -0.333 e. The number of carbonyl (C=O) groups excluding carboxylic acids is 1. The van der Waals surface area contributed by atoms with Crippen LogP contribution < -0.4 is 4.90 Å². The van der Waals surface area contributed by atoms with Crippen LogP contribution in [0.25, 0.3) is 10.8 Å². The van der Waals surface area contributed by atoms with E-state index in [2.05, 4.69) is 16.2 Å². The van der Waals surface area contributed by atoms with Crippen molar-refractivity contribution >= 4 is 22.9 Å². The summed E-state index contributed by atoms with van der Waals surface area (Å²) in [5.74, 6) is 0.494. The number of anilines is 1. The summed E-state index contributed by atoms with van der Waals surface area (Å²) in [4.78, 5) is 20.8. The van der Waals surface area contributed by atoms with E-state index in [1.807, 2.05) is 0 Å². The zero-order valence-corrected chi connectivity index (χ0v) is 16.7. The van der Waals surface area contributed by atoms with Crippen LogP contribution in [0.3, 0.4) is 0 Å². The molecule has 1 saturated heterocycles. The number of aromatic nitrogens is 2. The first kappa shape index (κ1) is 19.3. The fourth-order valence-electron chi connectivity index (χ4n) is 4.06. The van der Waals surface area contributed by atoms with Crippen LogP contribution in [0, 0.1) is 0 Å². The summed E-state index contributed by atoms with van der Waals surface area (Å²) in [6.45, 7) is 0.310. The van der Waals surface area contributed by atoms with E-state index in [9.17, 15) is 18.0 Å². The van der Waals surface area contributed by atoms with Crippen molar-refractivity contribution in [3.8, 4) is 10.8 Å². The van der Waals surface area contributed by atoms with Crippen LogP contribution in [0.4, 0.5) is 18.9 Å². The SMILES string of the molecule is O=C1CC(c2noc(-c3cc4c(s3)CCCC4)n2)CN1c1ccc(C(F)(F)F)cc1. The van der Waals surface area contributed by atoms with Gasteiger partial charge in [0.1, 0.15) is 0 Å². The Kier molecular flexibility index (Phi) is 4.65. The van der Waals surface area contributed by atoms with E-state index in [4.69, 9.17) is 4.52 Å². The van der Waals surface area contributed by atoms with Crippen molar-refractivity contribution in [1.29, 1.82) is 0 Å². The number of hydrogen-bond acceptors (Lipinski definition) is 5. The maximum Gasteiger partial charge on any atom is 0.416 e. The Labute approximate surface area is 174 Å². The van der Waals surface area contributed by atoms with Gasteiger partial charge in [-0.2, -0.15) is 18.2 Å². The lowest BCUT2D eigenvalue weighted by Crippen LogP contribution is -2.24. The molecule has 0 N–H and O–H groups in total. The van der Waals surface area contributed by atoms with Gasteiger partial charge in [-0.15, -0.1) is 11.3 Å². The predicted octanol–water partition coefficient (Wildman–Crippen LogP) is 5.22. The van der Waals surface area contributed by atoms with E-state index >= 15 is 0 Å². The molecule has 2 aliphatic rings. The fourth-order valence-corrected chi connectivity index (χ4v) is 5.23. The molecule has 1 aliphatic carbocycles. The van der Waals surface area contributed by atoms with Crippen LogP contribution in [0.1, 0.15) is 47.0 Å². The molecule has 0 spiro atoms. The highest BCUT2D eigenvalue weighted by atomic mass is 32.1. The topological polar surface area (TPSA) is 59.2 Å². The third-order valence-electron chi connectivity index (χ3n) is 5.65. The third-order valence-corrected chi connectivity index (χ3v) is 6.87. The summed E-state index contributed by atoms with van der Waals surface area (Å²) in [5, 5.41) is 4.08. The number of nitrogens with zero attached hydrogens (tertiary/aromatic N) is 3. The summed E-state index contributed by atoms with van der Waals surface area (Å²) in [6, 6.07) is 6.73. The molecule has 9 heteroatoms. The maximum atomic E-state index is 12.8. The maximum absolute atomic E-state index is 12.8. The van der Waals surface area contributed by atoms with Gasteiger partial charge >= 0.3 is 6.18 Å². The van der Waals surface area contributed by atoms with Crippen LogP contribution >= 0.6 is 11.3 Å². The van der Waals surface area contributed by atoms with Crippen molar-refractivity contribution in [3.63, 3.8) is 0 Å². The summed E-state index contributed by atoms with van der Waals surface area (Å²) < 4.78 is 43.8. The summed E-state index contributed by atoms with van der Waals surface area (Å²) in [5.41, 5.74) is 1.05. The van der Waals surface area contributed by atoms with E-state index in [0.717, 1.165) is 29.9 Å². The Balaban J connectivity index is 1.33. The van der Waals surface area contributed by atoms with Crippen molar-refractivity contribution in [3.05, 3.63) is 52.2 Å². The van der Waals surface area contributed by atoms with Crippen LogP contribution in [0.2, 0.25) is 0 Å². The highest BCUT2D eigenvalue weighted by molar-refractivity contribution is 7.15. The zero-order chi connectivity index (χ0) is 20.9. The Morgan fingerprint density at radius 3 is 2.63 bits per heavy atom. The van der Waals surface area contributed by atoms with E-state index in [1.165, 1.54) is 40.3 Å². The van der Waals surface area contributed by atoms with Gasteiger partial charge in [-0.1, -0.05) is 5.16 Å². The molecule has 1 fully saturated rings. The standard InChI is InChI=1S/C21H18F3N3O2S/c22-21(23,24)14-5-7-15(8-6-14)27-11-13(10-18(27)28)19-25-20(29-26-19)17-9-12-3-1-2-4-16(12)30-17/h5-9,13H,1-4,10-11H2. The average Bonchev–Trinajstić information content (AvgIpc) is 3.44. The van der Waals surface area contributed by atoms with E-state index in [1.54, 1.807) is 11.3 Å². The molecule has 5 nitrogen and oxygen atoms in total. The largest absolute Gasteiger partial charge is 0.416 e. The molecule has 1 aromatic carbocycles. The molecule has 1 amide bonds. The van der Waals surface area contributed by atoms with Gasteiger partial charge in [0.2, 0.25) is 5.91 Å². The molecule has 0 saturated carbocycles. The van der Waals surface area contributed by atoms with Crippen LogP contribution in [-0.4, -0.2) is 22.6 Å². The average molecular weight is 433 g/mol. The normalized spacial score (nSPS) is 19.4. The molecule has 1 atom stereocenters. The molecule has 1 unspecified atom stereocenters. The van der Waals surface area contributed by atoms with Crippen LogP contribution in [0.15, 0.2) is 34.9 Å². The lowest BCUT2D eigenvalue weighted by atomic mass is 9.99. The van der Waals surface area contributed by atoms with Crippen molar-refractivity contribution in [1.82, 2.24) is 10.1 Å². The number of fused-ring (bicyclic) bond motifs is 1. The van der Waals surface area contributed by atoms with Crippen molar-refractivity contribution in [2.45, 2.75) is 44.2 Å². The number of alkyl halides is 3. The van der Waals surface area contributed by atoms with Crippen molar-refractivity contribution in [2.75, 3.05) is 11.4 Å². The van der Waals surface area contributed by atoms with Gasteiger partial charge in [0, 0.05) is 29.4 Å². The Morgan fingerprint density at radius 2 is 1.90 bits per heavy atom. The molecular weight excluding hydrogens is 415 g/mol. The molecule has 1 aliphatic heterocycles. The van der Waals surface area contributed by atoms with Gasteiger partial charge in [-0.25, -0.2) is 0 Å². The highest BCUT2D eigenvalue weighted by Gasteiger charge is 2.36. The molecule has 3 aromatic rings. The van der Waals surface area contributed by atoms with Crippen molar-refractivity contribution in [2.24, 2.45) is 0 Å². The van der Waals surface area contributed by atoms with Crippen LogP contribution in [-0.2, 0) is 23.8 Å². The van der Waals surface area contributed by atoms with Crippen molar-refractivity contribution < 1.29 is 22.5 Å². The highest BCUT2D eigenvalue weighted by Crippen LogP contribution is 2.37. The smallest absolute Gasteiger partial charge is 0.333 e. The molecule has 156 valence electrons. The molecular formula is C21H18F3N3O2S. The quantitative estimate of drug-likeness (QED) is 0.569. The predicted molar refractivity (Wildman–Crippen MR) is 105 cm³/mol. The zero-order valence-electron chi connectivity index (χ0n) is 15.9. The molecule has 5 rings (SSSR count). The Hall–Kier alpha value is -2.68. The first-order valence-corrected chi connectivity index (χ1v) is 10.6. The van der Waals surface area contributed by atoms with Gasteiger partial charge in [0.05, 0.1) is 10.4 Å². The number of hydrogen-bond donors (Lipinski definition) is 0. The molecule has 0 radical (unpaired) electrons. The second kappa shape index (κ2) is 7.23. The molecule has 30 heavy (non-hydrogen) atoms. The monoisotopic (exact) mass is 433 g/mol. The Bertz CT molecular complexity index is 1060. The van der Waals surface area contributed by atoms with Gasteiger partial charge in [0.25, 0.3) is 5.89 Å². The number of rotatable bonds is 3. The second-order valence-electron chi connectivity index (χ2n) is 7.67. The summed E-state index contributed by atoms with van der Waals surface area (Å²) in [6.07, 6.45) is 0.347. The number of thiophene rings is 1. The van der Waals surface area contributed by atoms with Gasteiger partial charge in [0.15, 0.2) is 5.82 Å². The lowest BCUT2D eigenvalue weighted by molar-refractivity contribution is -0.137. The lowest BCUT2D eigenvalue weighted by Gasteiger charge is -2.17. The minimum absolute atomic E-state index is 0.169. The van der Waals surface area contributed by atoms with Gasteiger partial charge in [-0.05, 0) is 61.6 Å². The summed E-state index contributed by atoms with van der Waals surface area (Å²) >= 11 is 1.68. The number of benzene rings is 1. The van der Waals surface area contributed by atoms with Gasteiger partial charge in [-0.3, -0.25) is 4.79 Å². The summed E-state index contributed by atoms with van der Waals surface area (Å²) in [7, 11) is 0. The minimum atomic E-state index is -4.40. The number of carbonyl (C=O) groups is 1. The van der Waals surface area contributed by atoms with Crippen LogP contribution in [0.5, 0.6) is 0 Å². The first-order valence-electron chi connectivity index (χ1n) is 9.81. The molecule has 3 heterocycles. The number of amides is 1. The van der Waals surface area contributed by atoms with E-state index in [-0.39, 0.29) is 18.2 Å². The molecule has 0 bridgehead atoms. The number of aryl methyl sites for hydroxylation is 2. The first-order chi connectivity index (χ1) is 14.4. The van der Waals surface area contributed by atoms with E-state index in [0.29, 0.717) is 23.9 Å². The van der Waals surface area contributed by atoms with E-state index < -0.39 is 11.7 Å². The third kappa shape index (κ3) is 3.51. The number of halogens is 3. The Morgan fingerprint density at radius 1 is 1.13 bits per heavy atom. The second-order valence-corrected chi connectivity index (χ2v) is 8.81. The fraction of sp³-hybridized carbons (Fsp3) is 0.381. The molecule has 2 aromatic heterocycles.